The SMILES string of the molecule is NCC1CN(c2ccc3[nH]ccc3c2)C(=O)O1. The number of carbonyl (C=O) groups excluding carboxylic acids is 1. The minimum Gasteiger partial charge on any atom is -0.443 e. The van der Waals surface area contributed by atoms with Gasteiger partial charge in [-0.25, -0.2) is 4.79 Å². The number of nitrogens with two attached hydrogens (primary N) is 1. The zero-order valence-electron chi connectivity index (χ0n) is 9.22. The molecular weight excluding hydrogens is 218 g/mol. The summed E-state index contributed by atoms with van der Waals surface area (Å²) in [5, 5.41) is 1.08. The second-order valence-corrected chi connectivity index (χ2v) is 4.10. The number of H-pyrrole nitrogens is 1. The molecule has 1 aliphatic rings. The summed E-state index contributed by atoms with van der Waals surface area (Å²) in [6, 6.07) is 7.79. The number of benzene rings is 1. The maximum Gasteiger partial charge on any atom is 0.414 e. The second kappa shape index (κ2) is 3.78. The lowest BCUT2D eigenvalue weighted by atomic mass is 10.2. The van der Waals surface area contributed by atoms with Gasteiger partial charge in [0.25, 0.3) is 0 Å². The van der Waals surface area contributed by atoms with Crippen molar-refractivity contribution in [3.8, 4) is 0 Å². The topological polar surface area (TPSA) is 71.3 Å². The fourth-order valence-corrected chi connectivity index (χ4v) is 2.06. The molecule has 0 saturated carbocycles. The van der Waals surface area contributed by atoms with Gasteiger partial charge < -0.3 is 15.5 Å². The summed E-state index contributed by atoms with van der Waals surface area (Å²) in [5.41, 5.74) is 7.40. The Hall–Kier alpha value is -2.01. The van der Waals surface area contributed by atoms with Crippen molar-refractivity contribution in [3.63, 3.8) is 0 Å². The molecule has 1 amide bonds. The second-order valence-electron chi connectivity index (χ2n) is 4.10. The van der Waals surface area contributed by atoms with Gasteiger partial charge in [-0.3, -0.25) is 4.90 Å². The molecule has 0 bridgehead atoms. The van der Waals surface area contributed by atoms with E-state index in [4.69, 9.17) is 10.5 Å². The van der Waals surface area contributed by atoms with Gasteiger partial charge in [0.05, 0.1) is 6.54 Å². The molecule has 5 nitrogen and oxygen atoms in total. The van der Waals surface area contributed by atoms with Crippen molar-refractivity contribution in [2.24, 2.45) is 5.73 Å². The molecule has 1 unspecified atom stereocenters. The number of cyclic esters (lactones) is 1. The number of fused-ring (bicyclic) bond motifs is 1. The fraction of sp³-hybridized carbons (Fsp3) is 0.250. The first kappa shape index (κ1) is 10.2. The molecule has 3 N–H and O–H groups in total. The normalized spacial score (nSPS) is 19.9. The number of anilines is 1. The van der Waals surface area contributed by atoms with Gasteiger partial charge in [0, 0.05) is 29.3 Å². The van der Waals surface area contributed by atoms with Crippen LogP contribution in [0.15, 0.2) is 30.5 Å². The number of rotatable bonds is 2. The molecule has 3 rings (SSSR count). The van der Waals surface area contributed by atoms with Crippen LogP contribution in [-0.4, -0.2) is 30.3 Å². The van der Waals surface area contributed by atoms with E-state index in [9.17, 15) is 4.79 Å². The third kappa shape index (κ3) is 1.64. The maximum atomic E-state index is 11.7. The summed E-state index contributed by atoms with van der Waals surface area (Å²) in [6.07, 6.45) is 1.35. The minimum atomic E-state index is -0.324. The van der Waals surface area contributed by atoms with Crippen LogP contribution < -0.4 is 10.6 Å². The minimum absolute atomic E-state index is 0.204. The molecule has 2 heterocycles. The number of nitrogens with zero attached hydrogens (tertiary/aromatic N) is 1. The van der Waals surface area contributed by atoms with E-state index < -0.39 is 0 Å². The van der Waals surface area contributed by atoms with E-state index >= 15 is 0 Å². The van der Waals surface area contributed by atoms with Crippen molar-refractivity contribution in [1.82, 2.24) is 4.98 Å². The van der Waals surface area contributed by atoms with Crippen LogP contribution in [0.5, 0.6) is 0 Å². The Labute approximate surface area is 98.2 Å². The Morgan fingerprint density at radius 3 is 3.12 bits per heavy atom. The van der Waals surface area contributed by atoms with Crippen molar-refractivity contribution in [1.29, 1.82) is 0 Å². The highest BCUT2D eigenvalue weighted by atomic mass is 16.6. The lowest BCUT2D eigenvalue weighted by molar-refractivity contribution is 0.145. The van der Waals surface area contributed by atoms with Gasteiger partial charge in [0.1, 0.15) is 6.10 Å². The summed E-state index contributed by atoms with van der Waals surface area (Å²) in [4.78, 5) is 16.4. The predicted molar refractivity (Wildman–Crippen MR) is 65.0 cm³/mol. The average Bonchev–Trinajstić information content (AvgIpc) is 2.93. The summed E-state index contributed by atoms with van der Waals surface area (Å²) in [6.45, 7) is 0.875. The van der Waals surface area contributed by atoms with Gasteiger partial charge in [0.2, 0.25) is 0 Å². The third-order valence-electron chi connectivity index (χ3n) is 2.99. The fourth-order valence-electron chi connectivity index (χ4n) is 2.06. The van der Waals surface area contributed by atoms with E-state index in [1.165, 1.54) is 0 Å². The Morgan fingerprint density at radius 2 is 2.35 bits per heavy atom. The number of carbonyl (C=O) groups is 1. The van der Waals surface area contributed by atoms with Crippen molar-refractivity contribution in [2.45, 2.75) is 6.10 Å². The van der Waals surface area contributed by atoms with E-state index in [1.54, 1.807) is 4.90 Å². The van der Waals surface area contributed by atoms with Crippen molar-refractivity contribution >= 4 is 22.7 Å². The van der Waals surface area contributed by atoms with Crippen LogP contribution in [0.2, 0.25) is 0 Å². The average molecular weight is 231 g/mol. The van der Waals surface area contributed by atoms with Crippen LogP contribution in [0.4, 0.5) is 10.5 Å². The molecule has 0 spiro atoms. The van der Waals surface area contributed by atoms with Gasteiger partial charge in [-0.2, -0.15) is 0 Å². The number of ether oxygens (including phenoxy) is 1. The molecule has 1 atom stereocenters. The van der Waals surface area contributed by atoms with E-state index in [0.29, 0.717) is 13.1 Å². The highest BCUT2D eigenvalue weighted by Crippen LogP contribution is 2.25. The molecule has 1 fully saturated rings. The van der Waals surface area contributed by atoms with Crippen LogP contribution in [0.3, 0.4) is 0 Å². The Balaban J connectivity index is 1.95. The molecule has 1 aromatic heterocycles. The van der Waals surface area contributed by atoms with Gasteiger partial charge >= 0.3 is 6.09 Å². The molecule has 2 aromatic rings. The van der Waals surface area contributed by atoms with E-state index in [-0.39, 0.29) is 12.2 Å². The number of hydrogen-bond donors (Lipinski definition) is 2. The molecular formula is C12H13N3O2. The van der Waals surface area contributed by atoms with Crippen LogP contribution in [0, 0.1) is 0 Å². The van der Waals surface area contributed by atoms with Crippen LogP contribution in [-0.2, 0) is 4.74 Å². The first-order chi connectivity index (χ1) is 8.28. The summed E-state index contributed by atoms with van der Waals surface area (Å²) in [7, 11) is 0. The Bertz CT molecular complexity index is 564. The monoisotopic (exact) mass is 231 g/mol. The number of amides is 1. The molecule has 0 aliphatic carbocycles. The zero-order chi connectivity index (χ0) is 11.8. The van der Waals surface area contributed by atoms with Crippen molar-refractivity contribution < 1.29 is 9.53 Å². The molecule has 5 heteroatoms. The molecule has 1 aromatic carbocycles. The van der Waals surface area contributed by atoms with Crippen LogP contribution in [0.1, 0.15) is 0 Å². The third-order valence-corrected chi connectivity index (χ3v) is 2.99. The van der Waals surface area contributed by atoms with E-state index in [2.05, 4.69) is 4.98 Å². The predicted octanol–water partition coefficient (Wildman–Crippen LogP) is 1.45. The molecule has 88 valence electrons. The number of nitrogens with one attached hydrogen (secondary N) is 1. The summed E-state index contributed by atoms with van der Waals surface area (Å²) < 4.78 is 5.13. The zero-order valence-corrected chi connectivity index (χ0v) is 9.22. The molecule has 1 saturated heterocycles. The van der Waals surface area contributed by atoms with Crippen LogP contribution >= 0.6 is 0 Å². The quantitative estimate of drug-likeness (QED) is 0.821. The van der Waals surface area contributed by atoms with E-state index in [1.807, 2.05) is 30.5 Å². The van der Waals surface area contributed by atoms with E-state index in [0.717, 1.165) is 16.6 Å². The smallest absolute Gasteiger partial charge is 0.414 e. The lowest BCUT2D eigenvalue weighted by Gasteiger charge is -2.12. The molecule has 1 aliphatic heterocycles. The Kier molecular flexibility index (Phi) is 2.26. The maximum absolute atomic E-state index is 11.7. The molecule has 0 radical (unpaired) electrons. The molecule has 17 heavy (non-hydrogen) atoms. The number of aromatic nitrogens is 1. The number of hydrogen-bond acceptors (Lipinski definition) is 3. The van der Waals surface area contributed by atoms with Gasteiger partial charge in [-0.05, 0) is 24.3 Å². The van der Waals surface area contributed by atoms with Crippen LogP contribution in [0.25, 0.3) is 10.9 Å². The van der Waals surface area contributed by atoms with Gasteiger partial charge in [0.15, 0.2) is 0 Å². The Morgan fingerprint density at radius 1 is 1.47 bits per heavy atom. The summed E-state index contributed by atoms with van der Waals surface area (Å²) >= 11 is 0. The summed E-state index contributed by atoms with van der Waals surface area (Å²) in [5.74, 6) is 0. The van der Waals surface area contributed by atoms with Gasteiger partial charge in [-0.1, -0.05) is 0 Å². The standard InChI is InChI=1S/C12H13N3O2/c13-6-10-7-15(12(16)17-10)9-1-2-11-8(5-9)3-4-14-11/h1-5,10,14H,6-7,13H2. The van der Waals surface area contributed by atoms with Crippen molar-refractivity contribution in [3.05, 3.63) is 30.5 Å². The number of aromatic amines is 1. The highest BCUT2D eigenvalue weighted by Gasteiger charge is 2.31. The highest BCUT2D eigenvalue weighted by molar-refractivity contribution is 5.93. The first-order valence-corrected chi connectivity index (χ1v) is 5.53. The largest absolute Gasteiger partial charge is 0.443 e. The van der Waals surface area contributed by atoms with Gasteiger partial charge in [-0.15, -0.1) is 0 Å². The first-order valence-electron chi connectivity index (χ1n) is 5.53. The lowest BCUT2D eigenvalue weighted by Crippen LogP contribution is -2.27. The van der Waals surface area contributed by atoms with Crippen molar-refractivity contribution in [2.75, 3.05) is 18.0 Å².